The molecule has 0 radical (unpaired) electrons. The maximum Gasteiger partial charge on any atom is 0.221 e. The van der Waals surface area contributed by atoms with Crippen LogP contribution in [-0.2, 0) is 11.2 Å². The molecule has 1 unspecified atom stereocenters. The van der Waals surface area contributed by atoms with Crippen LogP contribution in [0.3, 0.4) is 0 Å². The fourth-order valence-electron chi connectivity index (χ4n) is 2.50. The summed E-state index contributed by atoms with van der Waals surface area (Å²) in [6, 6.07) is 4.93. The fraction of sp³-hybridized carbons (Fsp3) is 0.571. The smallest absolute Gasteiger partial charge is 0.221 e. The van der Waals surface area contributed by atoms with Crippen LogP contribution in [0.25, 0.3) is 0 Å². The molecule has 2 aliphatic carbocycles. The molecule has 1 aromatic heterocycles. The number of carbonyl (C=O) groups excluding carboxylic acids is 1. The minimum Gasteiger partial charge on any atom is -0.353 e. The molecule has 0 aromatic carbocycles. The van der Waals surface area contributed by atoms with Crippen molar-refractivity contribution in [3.05, 3.63) is 29.6 Å². The first kappa shape index (κ1) is 11.7. The molecule has 18 heavy (non-hydrogen) atoms. The lowest BCUT2D eigenvalue weighted by Gasteiger charge is -2.12. The molecule has 2 N–H and O–H groups in total. The Morgan fingerprint density at radius 2 is 2.28 bits per heavy atom. The zero-order valence-corrected chi connectivity index (χ0v) is 10.5. The number of rotatable bonds is 5. The highest BCUT2D eigenvalue weighted by Gasteiger charge is 2.24. The topological polar surface area (TPSA) is 54.0 Å². The lowest BCUT2D eigenvalue weighted by atomic mass is 10.2. The van der Waals surface area contributed by atoms with Crippen molar-refractivity contribution in [2.24, 2.45) is 0 Å². The van der Waals surface area contributed by atoms with Gasteiger partial charge in [0.2, 0.25) is 5.91 Å². The van der Waals surface area contributed by atoms with E-state index in [2.05, 4.69) is 21.7 Å². The third-order valence-electron chi connectivity index (χ3n) is 3.64. The number of carbonyl (C=O) groups is 1. The van der Waals surface area contributed by atoms with Gasteiger partial charge in [-0.3, -0.25) is 9.78 Å². The number of fused-ring (bicyclic) bond motifs is 1. The van der Waals surface area contributed by atoms with Crippen molar-refractivity contribution < 1.29 is 4.79 Å². The highest BCUT2D eigenvalue weighted by molar-refractivity contribution is 5.76. The second-order valence-electron chi connectivity index (χ2n) is 5.18. The van der Waals surface area contributed by atoms with Crippen LogP contribution in [0, 0.1) is 0 Å². The largest absolute Gasteiger partial charge is 0.353 e. The van der Waals surface area contributed by atoms with E-state index in [-0.39, 0.29) is 5.91 Å². The van der Waals surface area contributed by atoms with Crippen LogP contribution in [-0.4, -0.2) is 23.5 Å². The number of hydrogen-bond donors (Lipinski definition) is 2. The Morgan fingerprint density at radius 1 is 1.39 bits per heavy atom. The fourth-order valence-corrected chi connectivity index (χ4v) is 2.50. The van der Waals surface area contributed by atoms with E-state index in [1.54, 1.807) is 0 Å². The standard InChI is InChI=1S/C14H19N3O/c18-13(17-11-4-5-11)7-9-15-12-6-3-10-2-1-8-16-14(10)12/h1-2,8,11-12,15H,3-7,9H2,(H,17,18). The van der Waals surface area contributed by atoms with Crippen LogP contribution in [0.1, 0.15) is 43.0 Å². The van der Waals surface area contributed by atoms with Crippen molar-refractivity contribution in [2.45, 2.75) is 44.2 Å². The summed E-state index contributed by atoms with van der Waals surface area (Å²) in [5.74, 6) is 0.171. The van der Waals surface area contributed by atoms with E-state index in [1.165, 1.54) is 11.3 Å². The summed E-state index contributed by atoms with van der Waals surface area (Å²) < 4.78 is 0. The number of aromatic nitrogens is 1. The molecular weight excluding hydrogens is 226 g/mol. The molecular formula is C14H19N3O. The molecule has 1 heterocycles. The molecule has 0 spiro atoms. The summed E-state index contributed by atoms with van der Waals surface area (Å²) in [4.78, 5) is 16.0. The first-order valence-corrected chi connectivity index (χ1v) is 6.79. The Bertz CT molecular complexity index is 442. The number of nitrogens with one attached hydrogen (secondary N) is 2. The number of nitrogens with zero attached hydrogens (tertiary/aromatic N) is 1. The predicted octanol–water partition coefficient (Wildman–Crippen LogP) is 1.33. The van der Waals surface area contributed by atoms with Gasteiger partial charge in [-0.05, 0) is 37.3 Å². The van der Waals surface area contributed by atoms with E-state index in [0.717, 1.165) is 32.2 Å². The van der Waals surface area contributed by atoms with Crippen LogP contribution >= 0.6 is 0 Å². The van der Waals surface area contributed by atoms with E-state index in [0.29, 0.717) is 18.5 Å². The van der Waals surface area contributed by atoms with Gasteiger partial charge in [0, 0.05) is 25.2 Å². The van der Waals surface area contributed by atoms with Gasteiger partial charge in [-0.25, -0.2) is 0 Å². The molecule has 96 valence electrons. The third kappa shape index (κ3) is 2.70. The Labute approximate surface area is 107 Å². The van der Waals surface area contributed by atoms with Crippen LogP contribution < -0.4 is 10.6 Å². The average Bonchev–Trinajstić information content (AvgIpc) is 3.09. The first-order chi connectivity index (χ1) is 8.83. The first-order valence-electron chi connectivity index (χ1n) is 6.79. The average molecular weight is 245 g/mol. The van der Waals surface area contributed by atoms with E-state index in [4.69, 9.17) is 0 Å². The molecule has 1 amide bonds. The molecule has 1 atom stereocenters. The highest BCUT2D eigenvalue weighted by Crippen LogP contribution is 2.28. The Morgan fingerprint density at radius 3 is 3.11 bits per heavy atom. The summed E-state index contributed by atoms with van der Waals surface area (Å²) in [6.45, 7) is 0.735. The van der Waals surface area contributed by atoms with Gasteiger partial charge in [-0.2, -0.15) is 0 Å². The van der Waals surface area contributed by atoms with E-state index in [9.17, 15) is 4.79 Å². The second kappa shape index (κ2) is 5.06. The van der Waals surface area contributed by atoms with E-state index >= 15 is 0 Å². The Kier molecular flexibility index (Phi) is 3.28. The Hall–Kier alpha value is -1.42. The molecule has 4 nitrogen and oxygen atoms in total. The van der Waals surface area contributed by atoms with Gasteiger partial charge in [0.25, 0.3) is 0 Å². The van der Waals surface area contributed by atoms with Crippen molar-refractivity contribution in [1.82, 2.24) is 15.6 Å². The molecule has 4 heteroatoms. The number of pyridine rings is 1. The normalized spacial score (nSPS) is 21.7. The lowest BCUT2D eigenvalue weighted by molar-refractivity contribution is -0.121. The van der Waals surface area contributed by atoms with E-state index < -0.39 is 0 Å². The summed E-state index contributed by atoms with van der Waals surface area (Å²) >= 11 is 0. The molecule has 0 saturated heterocycles. The van der Waals surface area contributed by atoms with E-state index in [1.807, 2.05) is 12.3 Å². The van der Waals surface area contributed by atoms with Gasteiger partial charge in [-0.15, -0.1) is 0 Å². The molecule has 0 aliphatic heterocycles. The van der Waals surface area contributed by atoms with Crippen LogP contribution in [0.2, 0.25) is 0 Å². The third-order valence-corrected chi connectivity index (χ3v) is 3.64. The van der Waals surface area contributed by atoms with Crippen molar-refractivity contribution in [2.75, 3.05) is 6.54 Å². The van der Waals surface area contributed by atoms with Crippen LogP contribution in [0.5, 0.6) is 0 Å². The summed E-state index contributed by atoms with van der Waals surface area (Å²) in [5.41, 5.74) is 2.51. The van der Waals surface area contributed by atoms with Gasteiger partial charge < -0.3 is 10.6 Å². The Balaban J connectivity index is 1.45. The zero-order valence-electron chi connectivity index (χ0n) is 10.5. The minimum atomic E-state index is 0.171. The quantitative estimate of drug-likeness (QED) is 0.823. The predicted molar refractivity (Wildman–Crippen MR) is 69.1 cm³/mol. The van der Waals surface area contributed by atoms with Gasteiger partial charge >= 0.3 is 0 Å². The zero-order chi connectivity index (χ0) is 12.4. The molecule has 1 fully saturated rings. The number of hydrogen-bond acceptors (Lipinski definition) is 3. The maximum absolute atomic E-state index is 11.5. The second-order valence-corrected chi connectivity index (χ2v) is 5.18. The molecule has 3 rings (SSSR count). The van der Waals surface area contributed by atoms with Gasteiger partial charge in [0.05, 0.1) is 11.7 Å². The van der Waals surface area contributed by atoms with Crippen LogP contribution in [0.15, 0.2) is 18.3 Å². The van der Waals surface area contributed by atoms with Gasteiger partial charge in [0.1, 0.15) is 0 Å². The van der Waals surface area contributed by atoms with Gasteiger partial charge in [0.15, 0.2) is 0 Å². The van der Waals surface area contributed by atoms with Crippen molar-refractivity contribution >= 4 is 5.91 Å². The maximum atomic E-state index is 11.5. The summed E-state index contributed by atoms with van der Waals surface area (Å²) in [5, 5.41) is 6.44. The monoisotopic (exact) mass is 245 g/mol. The molecule has 1 aromatic rings. The van der Waals surface area contributed by atoms with Crippen molar-refractivity contribution in [1.29, 1.82) is 0 Å². The minimum absolute atomic E-state index is 0.171. The van der Waals surface area contributed by atoms with Gasteiger partial charge in [-0.1, -0.05) is 6.07 Å². The lowest BCUT2D eigenvalue weighted by Crippen LogP contribution is -2.30. The van der Waals surface area contributed by atoms with Crippen molar-refractivity contribution in [3.8, 4) is 0 Å². The summed E-state index contributed by atoms with van der Waals surface area (Å²) in [6.07, 6.45) is 6.90. The molecule has 2 aliphatic rings. The molecule has 1 saturated carbocycles. The molecule has 0 bridgehead atoms. The van der Waals surface area contributed by atoms with Crippen LogP contribution in [0.4, 0.5) is 0 Å². The highest BCUT2D eigenvalue weighted by atomic mass is 16.1. The SMILES string of the molecule is O=C(CCNC1CCc2cccnc21)NC1CC1. The number of aryl methyl sites for hydroxylation is 1. The van der Waals surface area contributed by atoms with Crippen molar-refractivity contribution in [3.63, 3.8) is 0 Å². The summed E-state index contributed by atoms with van der Waals surface area (Å²) in [7, 11) is 0. The number of amides is 1.